The molecule has 3 aromatic heterocycles. The number of aryl methyl sites for hydroxylation is 2. The predicted octanol–water partition coefficient (Wildman–Crippen LogP) is 5.00. The lowest BCUT2D eigenvalue weighted by molar-refractivity contribution is -0.138. The van der Waals surface area contributed by atoms with Crippen molar-refractivity contribution >= 4 is 23.3 Å². The van der Waals surface area contributed by atoms with Crippen LogP contribution >= 0.6 is 0 Å². The molecule has 0 unspecified atom stereocenters. The number of halogens is 3. The highest BCUT2D eigenvalue weighted by Crippen LogP contribution is 2.33. The van der Waals surface area contributed by atoms with Crippen molar-refractivity contribution in [2.75, 3.05) is 38.5 Å². The van der Waals surface area contributed by atoms with Gasteiger partial charge in [-0.05, 0) is 56.3 Å². The Labute approximate surface area is 231 Å². The molecule has 5 rings (SSSR count). The highest BCUT2D eigenvalue weighted by atomic mass is 19.4. The maximum absolute atomic E-state index is 13.0. The number of aromatic amines is 1. The third-order valence-corrected chi connectivity index (χ3v) is 6.72. The van der Waals surface area contributed by atoms with Crippen molar-refractivity contribution in [2.24, 2.45) is 0 Å². The number of rotatable bonds is 4. The number of anilines is 1. The van der Waals surface area contributed by atoms with E-state index in [1.54, 1.807) is 43.6 Å². The van der Waals surface area contributed by atoms with Crippen LogP contribution < -0.4 is 5.32 Å². The van der Waals surface area contributed by atoms with Gasteiger partial charge in [0.05, 0.1) is 5.56 Å². The van der Waals surface area contributed by atoms with Crippen LogP contribution in [0.3, 0.4) is 0 Å². The second-order valence-electron chi connectivity index (χ2n) is 9.72. The molecule has 0 radical (unpaired) electrons. The van der Waals surface area contributed by atoms with Gasteiger partial charge >= 0.3 is 6.18 Å². The molecule has 1 saturated heterocycles. The van der Waals surface area contributed by atoms with E-state index in [0.29, 0.717) is 29.9 Å². The topological polar surface area (TPSA) is 77.1 Å². The number of aromatic nitrogens is 3. The number of carbonyl (C=O) groups excluding carboxylic acids is 1. The van der Waals surface area contributed by atoms with Gasteiger partial charge in [0, 0.05) is 67.8 Å². The Balaban J connectivity index is 0.000000186. The Morgan fingerprint density at radius 2 is 1.82 bits per heavy atom. The quantitative estimate of drug-likeness (QED) is 0.278. The number of H-pyrrole nitrogens is 1. The molecule has 4 heterocycles. The number of piperazine rings is 1. The summed E-state index contributed by atoms with van der Waals surface area (Å²) in [4.78, 5) is 26.1. The largest absolute Gasteiger partial charge is 0.416 e. The fourth-order valence-corrected chi connectivity index (χ4v) is 4.39. The van der Waals surface area contributed by atoms with Gasteiger partial charge in [0.2, 0.25) is 6.41 Å². The second kappa shape index (κ2) is 12.8. The molecule has 2 N–H and O–H groups in total. The van der Waals surface area contributed by atoms with Crippen molar-refractivity contribution < 1.29 is 18.0 Å². The fraction of sp³-hybridized carbons (Fsp3) is 0.300. The van der Waals surface area contributed by atoms with Crippen LogP contribution in [0, 0.1) is 25.7 Å². The molecule has 1 aliphatic heterocycles. The summed E-state index contributed by atoms with van der Waals surface area (Å²) in [6.45, 7) is 7.55. The van der Waals surface area contributed by atoms with E-state index >= 15 is 0 Å². The maximum Gasteiger partial charge on any atom is 0.416 e. The Bertz CT molecular complexity index is 1530. The zero-order valence-electron chi connectivity index (χ0n) is 22.6. The Morgan fingerprint density at radius 1 is 1.05 bits per heavy atom. The van der Waals surface area contributed by atoms with E-state index < -0.39 is 11.7 Å². The van der Waals surface area contributed by atoms with Crippen molar-refractivity contribution in [3.05, 3.63) is 88.4 Å². The first-order valence-corrected chi connectivity index (χ1v) is 12.8. The Kier molecular flexibility index (Phi) is 9.19. The number of likely N-dealkylation sites (N-methyl/N-ethyl adjacent to an activating group) is 1. The summed E-state index contributed by atoms with van der Waals surface area (Å²) >= 11 is 0. The number of hydrogen-bond acceptors (Lipinski definition) is 5. The molecule has 1 aliphatic rings. The van der Waals surface area contributed by atoms with E-state index in [0.717, 1.165) is 53.9 Å². The highest BCUT2D eigenvalue weighted by Gasteiger charge is 2.33. The van der Waals surface area contributed by atoms with Crippen LogP contribution in [0.5, 0.6) is 0 Å². The summed E-state index contributed by atoms with van der Waals surface area (Å²) in [6, 6.07) is 10.1. The minimum Gasteiger partial charge on any atom is -0.346 e. The highest BCUT2D eigenvalue weighted by molar-refractivity contribution is 5.81. The van der Waals surface area contributed by atoms with Crippen molar-refractivity contribution in [1.82, 2.24) is 24.8 Å². The molecule has 0 aliphatic carbocycles. The molecule has 40 heavy (non-hydrogen) atoms. The Hall–Kier alpha value is -4.20. The van der Waals surface area contributed by atoms with Crippen LogP contribution in [0.1, 0.15) is 33.4 Å². The molecule has 1 amide bonds. The number of nitrogens with one attached hydrogen (secondary N) is 2. The van der Waals surface area contributed by atoms with Gasteiger partial charge in [-0.1, -0.05) is 29.5 Å². The van der Waals surface area contributed by atoms with Crippen molar-refractivity contribution in [3.63, 3.8) is 0 Å². The van der Waals surface area contributed by atoms with Crippen LogP contribution in [0.4, 0.5) is 19.0 Å². The number of benzene rings is 1. The van der Waals surface area contributed by atoms with Crippen molar-refractivity contribution in [1.29, 1.82) is 0 Å². The molecular formula is C30H31F3N6O. The van der Waals surface area contributed by atoms with Gasteiger partial charge in [-0.3, -0.25) is 9.69 Å². The average molecular weight is 549 g/mol. The number of alkyl halides is 3. The molecule has 0 saturated carbocycles. The van der Waals surface area contributed by atoms with Gasteiger partial charge in [0.15, 0.2) is 0 Å². The third kappa shape index (κ3) is 7.46. The van der Waals surface area contributed by atoms with Gasteiger partial charge in [-0.15, -0.1) is 0 Å². The van der Waals surface area contributed by atoms with E-state index in [4.69, 9.17) is 0 Å². The van der Waals surface area contributed by atoms with E-state index in [2.05, 4.69) is 41.9 Å². The van der Waals surface area contributed by atoms with E-state index in [1.165, 1.54) is 6.07 Å². The first-order chi connectivity index (χ1) is 19.1. The molecule has 10 heteroatoms. The first kappa shape index (κ1) is 28.8. The molecular weight excluding hydrogens is 517 g/mol. The molecule has 0 spiro atoms. The molecule has 4 aromatic rings. The Morgan fingerprint density at radius 3 is 2.55 bits per heavy atom. The SMILES string of the molecule is Cc1c(C#Cc2ccnc(NC=O)c2)cnc2[nH]ccc12.Cc1ccc(CN2CCN(C)CC2)c(C(F)(F)F)c1. The number of carbonyl (C=O) groups is 1. The molecule has 7 nitrogen and oxygen atoms in total. The van der Waals surface area contributed by atoms with Crippen LogP contribution in [0.25, 0.3) is 11.0 Å². The van der Waals surface area contributed by atoms with Gasteiger partial charge in [-0.25, -0.2) is 9.97 Å². The van der Waals surface area contributed by atoms with E-state index in [-0.39, 0.29) is 0 Å². The summed E-state index contributed by atoms with van der Waals surface area (Å²) in [5.74, 6) is 6.65. The summed E-state index contributed by atoms with van der Waals surface area (Å²) in [6.07, 6.45) is 1.55. The number of amides is 1. The standard InChI is InChI=1S/C16H12N4O.C14H19F3N2/c1-11-13(9-19-16-14(11)5-7-18-16)3-2-12-4-6-17-15(8-12)20-10-21;1-11-3-4-12(13(9-11)14(15,16)17)10-19-7-5-18(2)6-8-19/h4-10H,1H3,(H,18,19)(H,17,20,21);3-4,9H,5-8,10H2,1-2H3. The smallest absolute Gasteiger partial charge is 0.346 e. The summed E-state index contributed by atoms with van der Waals surface area (Å²) < 4.78 is 39.1. The lowest BCUT2D eigenvalue weighted by Gasteiger charge is -2.32. The second-order valence-corrected chi connectivity index (χ2v) is 9.72. The fourth-order valence-electron chi connectivity index (χ4n) is 4.39. The molecule has 0 bridgehead atoms. The normalized spacial score (nSPS) is 14.2. The van der Waals surface area contributed by atoms with Gasteiger partial charge in [-0.2, -0.15) is 13.2 Å². The minimum atomic E-state index is -4.27. The monoisotopic (exact) mass is 548 g/mol. The maximum atomic E-state index is 13.0. The van der Waals surface area contributed by atoms with Gasteiger partial charge in [0.25, 0.3) is 0 Å². The number of fused-ring (bicyclic) bond motifs is 1. The summed E-state index contributed by atoms with van der Waals surface area (Å²) in [5.41, 5.74) is 4.14. The first-order valence-electron chi connectivity index (χ1n) is 12.8. The zero-order valence-corrected chi connectivity index (χ0v) is 22.6. The number of pyridine rings is 2. The zero-order chi connectivity index (χ0) is 28.7. The van der Waals surface area contributed by atoms with Crippen LogP contribution in [0.15, 0.2) is 55.0 Å². The predicted molar refractivity (Wildman–Crippen MR) is 150 cm³/mol. The van der Waals surface area contributed by atoms with Crippen LogP contribution in [-0.2, 0) is 17.5 Å². The van der Waals surface area contributed by atoms with E-state index in [1.807, 2.05) is 26.2 Å². The number of hydrogen-bond donors (Lipinski definition) is 2. The average Bonchev–Trinajstić information content (AvgIpc) is 3.41. The van der Waals surface area contributed by atoms with Crippen LogP contribution in [0.2, 0.25) is 0 Å². The van der Waals surface area contributed by atoms with E-state index in [9.17, 15) is 18.0 Å². The van der Waals surface area contributed by atoms with Crippen molar-refractivity contribution in [3.8, 4) is 11.8 Å². The number of nitrogens with zero attached hydrogens (tertiary/aromatic N) is 4. The third-order valence-electron chi connectivity index (χ3n) is 6.72. The molecule has 1 aromatic carbocycles. The molecule has 208 valence electrons. The van der Waals surface area contributed by atoms with Gasteiger partial charge in [0.1, 0.15) is 11.5 Å². The minimum absolute atomic E-state index is 0.377. The van der Waals surface area contributed by atoms with Crippen molar-refractivity contribution in [2.45, 2.75) is 26.6 Å². The molecule has 1 fully saturated rings. The lowest BCUT2D eigenvalue weighted by atomic mass is 10.0. The summed E-state index contributed by atoms with van der Waals surface area (Å²) in [5, 5.41) is 3.57. The lowest BCUT2D eigenvalue weighted by Crippen LogP contribution is -2.44. The van der Waals surface area contributed by atoms with Gasteiger partial charge < -0.3 is 15.2 Å². The molecule has 0 atom stereocenters. The van der Waals surface area contributed by atoms with Crippen LogP contribution in [-0.4, -0.2) is 64.4 Å². The summed E-state index contributed by atoms with van der Waals surface area (Å²) in [7, 11) is 2.03.